The fourth-order valence-corrected chi connectivity index (χ4v) is 4.25. The van der Waals surface area contributed by atoms with Gasteiger partial charge in [0.25, 0.3) is 5.91 Å². The monoisotopic (exact) mass is 533 g/mol. The fourth-order valence-electron chi connectivity index (χ4n) is 4.25. The number of rotatable bonds is 10. The van der Waals surface area contributed by atoms with Crippen molar-refractivity contribution >= 4 is 23.5 Å². The quantitative estimate of drug-likeness (QED) is 0.364. The van der Waals surface area contributed by atoms with Crippen molar-refractivity contribution in [3.05, 3.63) is 0 Å². The van der Waals surface area contributed by atoms with E-state index in [1.165, 1.54) is 0 Å². The number of ketones is 1. The lowest BCUT2D eigenvalue weighted by Gasteiger charge is -2.28. The number of alkyl halides is 6. The Bertz CT molecular complexity index is 834. The Morgan fingerprint density at radius 3 is 2.33 bits per heavy atom. The minimum absolute atomic E-state index is 0.0763. The number of aliphatic hydroxyl groups excluding tert-OH is 1. The Hall–Kier alpha value is -2.42. The van der Waals surface area contributed by atoms with E-state index in [0.29, 0.717) is 4.90 Å². The van der Waals surface area contributed by atoms with Crippen molar-refractivity contribution < 1.29 is 55.4 Å². The number of carbonyl (C=O) groups excluding carboxylic acids is 4. The Labute approximate surface area is 202 Å². The molecular weight excluding hydrogens is 504 g/mol. The van der Waals surface area contributed by atoms with Crippen molar-refractivity contribution in [2.75, 3.05) is 19.7 Å². The molecule has 2 rings (SSSR count). The van der Waals surface area contributed by atoms with Gasteiger partial charge in [-0.1, -0.05) is 13.8 Å². The second-order valence-electron chi connectivity index (χ2n) is 9.40. The predicted octanol–water partition coefficient (Wildman–Crippen LogP) is 1.29. The third kappa shape index (κ3) is 8.32. The SMILES string of the molecule is CC(C)C[C@@H](O)C(=O)N1C[C@H](C(F)(F)F)C[C@H]1C(=O)N[C@@H](C[C@@H]1CCNC1=O)C(=O)COC(F)(F)F. The number of aliphatic hydroxyl groups is 1. The van der Waals surface area contributed by atoms with Crippen LogP contribution in [-0.2, 0) is 23.9 Å². The average Bonchev–Trinajstić information content (AvgIpc) is 3.36. The smallest absolute Gasteiger partial charge is 0.383 e. The summed E-state index contributed by atoms with van der Waals surface area (Å²) in [5, 5.41) is 14.7. The van der Waals surface area contributed by atoms with Gasteiger partial charge in [0.1, 0.15) is 18.8 Å². The van der Waals surface area contributed by atoms with Gasteiger partial charge in [-0.25, -0.2) is 0 Å². The number of halogens is 6. The summed E-state index contributed by atoms with van der Waals surface area (Å²) >= 11 is 0. The summed E-state index contributed by atoms with van der Waals surface area (Å²) in [6, 6.07) is -3.42. The van der Waals surface area contributed by atoms with Crippen LogP contribution in [0.1, 0.15) is 39.5 Å². The van der Waals surface area contributed by atoms with Gasteiger partial charge >= 0.3 is 12.5 Å². The lowest BCUT2D eigenvalue weighted by Crippen LogP contribution is -2.53. The summed E-state index contributed by atoms with van der Waals surface area (Å²) < 4.78 is 81.0. The fraction of sp³-hybridized carbons (Fsp3) is 0.810. The normalized spacial score (nSPS) is 24.6. The molecule has 0 unspecified atom stereocenters. The van der Waals surface area contributed by atoms with Crippen LogP contribution in [0.2, 0.25) is 0 Å². The minimum atomic E-state index is -5.16. The van der Waals surface area contributed by atoms with E-state index in [0.717, 1.165) is 0 Å². The second kappa shape index (κ2) is 11.8. The number of likely N-dealkylation sites (tertiary alicyclic amines) is 1. The highest BCUT2D eigenvalue weighted by Crippen LogP contribution is 2.37. The van der Waals surface area contributed by atoms with Gasteiger partial charge in [-0.15, -0.1) is 13.2 Å². The summed E-state index contributed by atoms with van der Waals surface area (Å²) in [5.74, 6) is -7.17. The number of hydrogen-bond acceptors (Lipinski definition) is 6. The van der Waals surface area contributed by atoms with Crippen molar-refractivity contribution in [2.45, 2.75) is 70.3 Å². The number of nitrogens with one attached hydrogen (secondary N) is 2. The molecule has 2 saturated heterocycles. The first-order valence-electron chi connectivity index (χ1n) is 11.4. The third-order valence-corrected chi connectivity index (χ3v) is 6.10. The van der Waals surface area contributed by atoms with Gasteiger partial charge in [-0.3, -0.25) is 23.9 Å². The molecule has 0 aliphatic carbocycles. The number of amides is 3. The summed E-state index contributed by atoms with van der Waals surface area (Å²) in [6.07, 6.45) is -12.7. The molecule has 36 heavy (non-hydrogen) atoms. The van der Waals surface area contributed by atoms with Crippen LogP contribution >= 0.6 is 0 Å². The highest BCUT2D eigenvalue weighted by Gasteiger charge is 2.52. The molecule has 206 valence electrons. The Balaban J connectivity index is 2.24. The largest absolute Gasteiger partial charge is 0.522 e. The van der Waals surface area contributed by atoms with E-state index in [2.05, 4.69) is 15.4 Å². The third-order valence-electron chi connectivity index (χ3n) is 6.10. The first kappa shape index (κ1) is 29.8. The van der Waals surface area contributed by atoms with Crippen LogP contribution in [0.15, 0.2) is 0 Å². The second-order valence-corrected chi connectivity index (χ2v) is 9.40. The van der Waals surface area contributed by atoms with Crippen LogP contribution < -0.4 is 10.6 Å². The van der Waals surface area contributed by atoms with Crippen molar-refractivity contribution in [1.29, 1.82) is 0 Å². The van der Waals surface area contributed by atoms with Crippen molar-refractivity contribution in [2.24, 2.45) is 17.8 Å². The molecule has 0 aromatic heterocycles. The number of ether oxygens (including phenoxy) is 1. The van der Waals surface area contributed by atoms with Crippen molar-refractivity contribution in [3.63, 3.8) is 0 Å². The van der Waals surface area contributed by atoms with E-state index >= 15 is 0 Å². The van der Waals surface area contributed by atoms with Gasteiger partial charge in [0, 0.05) is 19.0 Å². The van der Waals surface area contributed by atoms with Gasteiger partial charge in [0.15, 0.2) is 5.78 Å². The van der Waals surface area contributed by atoms with Crippen molar-refractivity contribution in [3.8, 4) is 0 Å². The lowest BCUT2D eigenvalue weighted by molar-refractivity contribution is -0.321. The molecule has 2 aliphatic rings. The van der Waals surface area contributed by atoms with Crippen LogP contribution in [-0.4, -0.2) is 83.9 Å². The summed E-state index contributed by atoms with van der Waals surface area (Å²) in [6.45, 7) is 1.18. The summed E-state index contributed by atoms with van der Waals surface area (Å²) in [4.78, 5) is 50.6. The van der Waals surface area contributed by atoms with E-state index in [9.17, 15) is 50.6 Å². The maximum Gasteiger partial charge on any atom is 0.522 e. The highest BCUT2D eigenvalue weighted by molar-refractivity contribution is 5.94. The molecule has 5 atom stereocenters. The molecule has 2 fully saturated rings. The molecule has 2 aliphatic heterocycles. The number of carbonyl (C=O) groups is 4. The van der Waals surface area contributed by atoms with Crippen LogP contribution in [0.5, 0.6) is 0 Å². The average molecular weight is 533 g/mol. The van der Waals surface area contributed by atoms with Gasteiger partial charge in [-0.05, 0) is 31.6 Å². The van der Waals surface area contributed by atoms with E-state index in [-0.39, 0.29) is 25.3 Å². The summed E-state index contributed by atoms with van der Waals surface area (Å²) in [5.41, 5.74) is 0. The first-order valence-corrected chi connectivity index (χ1v) is 11.4. The summed E-state index contributed by atoms with van der Waals surface area (Å²) in [7, 11) is 0. The predicted molar refractivity (Wildman–Crippen MR) is 110 cm³/mol. The molecule has 0 saturated carbocycles. The molecule has 9 nitrogen and oxygen atoms in total. The van der Waals surface area contributed by atoms with Gasteiger partial charge < -0.3 is 20.6 Å². The van der Waals surface area contributed by atoms with Crippen LogP contribution in [0.4, 0.5) is 26.3 Å². The molecule has 15 heteroatoms. The number of hydrogen-bond donors (Lipinski definition) is 3. The van der Waals surface area contributed by atoms with Gasteiger partial charge in [0.2, 0.25) is 11.8 Å². The minimum Gasteiger partial charge on any atom is -0.383 e. The molecule has 0 aromatic carbocycles. The Morgan fingerprint density at radius 1 is 1.19 bits per heavy atom. The first-order chi connectivity index (χ1) is 16.5. The Morgan fingerprint density at radius 2 is 1.83 bits per heavy atom. The van der Waals surface area contributed by atoms with Gasteiger partial charge in [-0.2, -0.15) is 13.2 Å². The molecule has 0 spiro atoms. The van der Waals surface area contributed by atoms with E-state index < -0.39 is 92.1 Å². The van der Waals surface area contributed by atoms with Crippen LogP contribution in [0, 0.1) is 17.8 Å². The lowest BCUT2D eigenvalue weighted by atomic mass is 9.95. The Kier molecular flexibility index (Phi) is 9.73. The maximum atomic E-state index is 13.4. The van der Waals surface area contributed by atoms with E-state index in [1.807, 2.05) is 0 Å². The number of Topliss-reactive ketones (excluding diaryl/α,β-unsaturated/α-hetero) is 1. The molecular formula is C21H29F6N3O6. The molecule has 2 heterocycles. The van der Waals surface area contributed by atoms with Crippen LogP contribution in [0.25, 0.3) is 0 Å². The van der Waals surface area contributed by atoms with E-state index in [1.54, 1.807) is 13.8 Å². The zero-order valence-corrected chi connectivity index (χ0v) is 19.6. The van der Waals surface area contributed by atoms with Gasteiger partial charge in [0.05, 0.1) is 12.0 Å². The number of nitrogens with zero attached hydrogens (tertiary/aromatic N) is 1. The molecule has 3 N–H and O–H groups in total. The molecule has 0 radical (unpaired) electrons. The molecule has 0 bridgehead atoms. The molecule has 3 amide bonds. The molecule has 0 aromatic rings. The van der Waals surface area contributed by atoms with E-state index in [4.69, 9.17) is 0 Å². The standard InChI is InChI=1S/C21H29F6N3O6/c1-10(2)5-15(31)19(35)30-8-12(20(22,23)24)7-14(30)18(34)29-13(6-11-3-4-28-17(11)33)16(32)9-36-21(25,26)27/h10-15,31H,3-9H2,1-2H3,(H,28,33)(H,29,34)/t11-,12+,13-,14-,15+/m0/s1. The van der Waals surface area contributed by atoms with Crippen molar-refractivity contribution in [1.82, 2.24) is 15.5 Å². The topological polar surface area (TPSA) is 125 Å². The zero-order chi connectivity index (χ0) is 27.4. The zero-order valence-electron chi connectivity index (χ0n) is 19.6. The van der Waals surface area contributed by atoms with Crippen LogP contribution in [0.3, 0.4) is 0 Å². The maximum absolute atomic E-state index is 13.4. The highest BCUT2D eigenvalue weighted by atomic mass is 19.4.